The Bertz CT molecular complexity index is 528. The van der Waals surface area contributed by atoms with E-state index in [4.69, 9.17) is 5.73 Å². The maximum Gasteiger partial charge on any atom is 0.243 e. The number of sulfonamides is 1. The van der Waals surface area contributed by atoms with Crippen molar-refractivity contribution >= 4 is 10.0 Å². The Labute approximate surface area is 115 Å². The van der Waals surface area contributed by atoms with Crippen LogP contribution >= 0.6 is 0 Å². The predicted molar refractivity (Wildman–Crippen MR) is 76.4 cm³/mol. The monoisotopic (exact) mass is 282 g/mol. The van der Waals surface area contributed by atoms with Gasteiger partial charge in [-0.25, -0.2) is 8.42 Å². The predicted octanol–water partition coefficient (Wildman–Crippen LogP) is 1.75. The Kier molecular flexibility index (Phi) is 4.60. The zero-order valence-electron chi connectivity index (χ0n) is 11.4. The lowest BCUT2D eigenvalue weighted by Crippen LogP contribution is -2.47. The SMILES string of the molecule is CCc1ccccc1S(=O)(=O)N1CCCCC1CN. The molecule has 1 heterocycles. The van der Waals surface area contributed by atoms with Crippen molar-refractivity contribution < 1.29 is 8.42 Å². The molecule has 1 aliphatic rings. The van der Waals surface area contributed by atoms with Crippen molar-refractivity contribution in [1.29, 1.82) is 0 Å². The Morgan fingerprint density at radius 1 is 1.32 bits per heavy atom. The molecule has 1 aromatic rings. The Hall–Kier alpha value is -0.910. The number of nitrogens with zero attached hydrogens (tertiary/aromatic N) is 1. The number of aryl methyl sites for hydroxylation is 1. The molecule has 1 fully saturated rings. The van der Waals surface area contributed by atoms with E-state index in [9.17, 15) is 8.42 Å². The van der Waals surface area contributed by atoms with Crippen LogP contribution in [0.25, 0.3) is 0 Å². The van der Waals surface area contributed by atoms with Crippen LogP contribution < -0.4 is 5.73 Å². The van der Waals surface area contributed by atoms with Crippen LogP contribution in [0.4, 0.5) is 0 Å². The van der Waals surface area contributed by atoms with Gasteiger partial charge in [0.05, 0.1) is 4.90 Å². The lowest BCUT2D eigenvalue weighted by molar-refractivity contribution is 0.257. The Morgan fingerprint density at radius 3 is 2.74 bits per heavy atom. The molecule has 1 atom stereocenters. The van der Waals surface area contributed by atoms with Crippen molar-refractivity contribution in [3.8, 4) is 0 Å². The lowest BCUT2D eigenvalue weighted by atomic mass is 10.1. The fraction of sp³-hybridized carbons (Fsp3) is 0.571. The molecule has 1 saturated heterocycles. The lowest BCUT2D eigenvalue weighted by Gasteiger charge is -2.34. The largest absolute Gasteiger partial charge is 0.329 e. The molecular formula is C14H22N2O2S. The summed E-state index contributed by atoms with van der Waals surface area (Å²) in [5.41, 5.74) is 6.61. The summed E-state index contributed by atoms with van der Waals surface area (Å²) < 4.78 is 27.2. The van der Waals surface area contributed by atoms with Crippen LogP contribution in [0.2, 0.25) is 0 Å². The summed E-state index contributed by atoms with van der Waals surface area (Å²) in [6.07, 6.45) is 3.56. The maximum absolute atomic E-state index is 12.8. The maximum atomic E-state index is 12.8. The van der Waals surface area contributed by atoms with Crippen molar-refractivity contribution in [3.05, 3.63) is 29.8 Å². The summed E-state index contributed by atoms with van der Waals surface area (Å²) in [6, 6.07) is 7.20. The summed E-state index contributed by atoms with van der Waals surface area (Å²) >= 11 is 0. The Balaban J connectivity index is 2.40. The van der Waals surface area contributed by atoms with Gasteiger partial charge in [-0.2, -0.15) is 4.31 Å². The number of benzene rings is 1. The highest BCUT2D eigenvalue weighted by atomic mass is 32.2. The summed E-state index contributed by atoms with van der Waals surface area (Å²) in [4.78, 5) is 0.442. The zero-order valence-corrected chi connectivity index (χ0v) is 12.2. The first-order valence-corrected chi connectivity index (χ1v) is 8.35. The van der Waals surface area contributed by atoms with Crippen LogP contribution in [-0.4, -0.2) is 31.9 Å². The van der Waals surface area contributed by atoms with Gasteiger partial charge in [-0.15, -0.1) is 0 Å². The number of hydrogen-bond acceptors (Lipinski definition) is 3. The fourth-order valence-electron chi connectivity index (χ4n) is 2.70. The van der Waals surface area contributed by atoms with Crippen LogP contribution in [0, 0.1) is 0 Å². The molecule has 0 aromatic heterocycles. The topological polar surface area (TPSA) is 63.4 Å². The minimum absolute atomic E-state index is 0.0522. The second-order valence-electron chi connectivity index (χ2n) is 4.96. The molecule has 0 aliphatic carbocycles. The van der Waals surface area contributed by atoms with Crippen LogP contribution in [-0.2, 0) is 16.4 Å². The van der Waals surface area contributed by atoms with Crippen LogP contribution in [0.1, 0.15) is 31.7 Å². The van der Waals surface area contributed by atoms with Gasteiger partial charge in [0.1, 0.15) is 0 Å². The van der Waals surface area contributed by atoms with Gasteiger partial charge in [0.2, 0.25) is 10.0 Å². The van der Waals surface area contributed by atoms with Gasteiger partial charge in [0.15, 0.2) is 0 Å². The third kappa shape index (κ3) is 2.83. The van der Waals surface area contributed by atoms with Gasteiger partial charge < -0.3 is 5.73 Å². The summed E-state index contributed by atoms with van der Waals surface area (Å²) in [7, 11) is -3.41. The molecule has 1 aliphatic heterocycles. The van der Waals surface area contributed by atoms with E-state index in [0.717, 1.165) is 31.2 Å². The molecule has 1 aromatic carbocycles. The molecule has 0 bridgehead atoms. The van der Waals surface area contributed by atoms with Gasteiger partial charge >= 0.3 is 0 Å². The number of nitrogens with two attached hydrogens (primary N) is 1. The minimum atomic E-state index is -3.41. The second kappa shape index (κ2) is 6.03. The molecule has 4 nitrogen and oxygen atoms in total. The minimum Gasteiger partial charge on any atom is -0.329 e. The molecule has 19 heavy (non-hydrogen) atoms. The standard InChI is InChI=1S/C14H22N2O2S/c1-2-12-7-3-4-9-14(12)19(17,18)16-10-6-5-8-13(16)11-15/h3-4,7,9,13H,2,5-6,8,10-11,15H2,1H3. The van der Waals surface area contributed by atoms with E-state index in [0.29, 0.717) is 18.0 Å². The number of rotatable bonds is 4. The van der Waals surface area contributed by atoms with E-state index in [1.165, 1.54) is 0 Å². The molecule has 0 spiro atoms. The van der Waals surface area contributed by atoms with E-state index in [2.05, 4.69) is 0 Å². The highest BCUT2D eigenvalue weighted by Gasteiger charge is 2.33. The van der Waals surface area contributed by atoms with Crippen LogP contribution in [0.15, 0.2) is 29.2 Å². The Morgan fingerprint density at radius 2 is 2.05 bits per heavy atom. The fourth-order valence-corrected chi connectivity index (χ4v) is 4.70. The summed E-state index contributed by atoms with van der Waals surface area (Å²) in [5, 5.41) is 0. The number of piperidine rings is 1. The quantitative estimate of drug-likeness (QED) is 0.915. The van der Waals surface area contributed by atoms with Gasteiger partial charge in [-0.05, 0) is 30.9 Å². The molecule has 2 N–H and O–H groups in total. The van der Waals surface area contributed by atoms with Gasteiger partial charge in [-0.1, -0.05) is 31.5 Å². The average molecular weight is 282 g/mol. The van der Waals surface area contributed by atoms with Crippen molar-refractivity contribution in [2.75, 3.05) is 13.1 Å². The van der Waals surface area contributed by atoms with Crippen molar-refractivity contribution in [2.45, 2.75) is 43.5 Å². The summed E-state index contributed by atoms with van der Waals surface area (Å²) in [6.45, 7) is 2.96. The molecule has 5 heteroatoms. The first-order valence-electron chi connectivity index (χ1n) is 6.91. The highest BCUT2D eigenvalue weighted by Crippen LogP contribution is 2.27. The van der Waals surface area contributed by atoms with E-state index in [-0.39, 0.29) is 6.04 Å². The molecular weight excluding hydrogens is 260 g/mol. The third-order valence-corrected chi connectivity index (χ3v) is 5.84. The first-order chi connectivity index (χ1) is 9.11. The third-order valence-electron chi connectivity index (χ3n) is 3.79. The average Bonchev–Trinajstić information content (AvgIpc) is 2.47. The normalized spacial score (nSPS) is 21.5. The van der Waals surface area contributed by atoms with E-state index in [1.54, 1.807) is 16.4 Å². The van der Waals surface area contributed by atoms with Crippen molar-refractivity contribution in [2.24, 2.45) is 5.73 Å². The molecule has 0 radical (unpaired) electrons. The van der Waals surface area contributed by atoms with E-state index >= 15 is 0 Å². The summed E-state index contributed by atoms with van der Waals surface area (Å²) in [5.74, 6) is 0. The van der Waals surface area contributed by atoms with Gasteiger partial charge in [-0.3, -0.25) is 0 Å². The molecule has 1 unspecified atom stereocenters. The van der Waals surface area contributed by atoms with Crippen molar-refractivity contribution in [1.82, 2.24) is 4.31 Å². The van der Waals surface area contributed by atoms with E-state index in [1.807, 2.05) is 19.1 Å². The molecule has 0 saturated carbocycles. The van der Waals surface area contributed by atoms with Gasteiger partial charge in [0.25, 0.3) is 0 Å². The highest BCUT2D eigenvalue weighted by molar-refractivity contribution is 7.89. The smallest absolute Gasteiger partial charge is 0.243 e. The van der Waals surface area contributed by atoms with Gasteiger partial charge in [0, 0.05) is 19.1 Å². The molecule has 0 amide bonds. The van der Waals surface area contributed by atoms with Crippen LogP contribution in [0.3, 0.4) is 0 Å². The number of hydrogen-bond donors (Lipinski definition) is 1. The second-order valence-corrected chi connectivity index (χ2v) is 6.82. The van der Waals surface area contributed by atoms with Crippen molar-refractivity contribution in [3.63, 3.8) is 0 Å². The van der Waals surface area contributed by atoms with E-state index < -0.39 is 10.0 Å². The zero-order chi connectivity index (χ0) is 13.9. The first kappa shape index (κ1) is 14.5. The van der Waals surface area contributed by atoms with Crippen LogP contribution in [0.5, 0.6) is 0 Å². The molecule has 2 rings (SSSR count). The molecule has 106 valence electrons.